The minimum atomic E-state index is -0.0551. The van der Waals surface area contributed by atoms with E-state index in [-0.39, 0.29) is 11.6 Å². The maximum Gasteiger partial charge on any atom is 0.267 e. The van der Waals surface area contributed by atoms with Gasteiger partial charge in [0.05, 0.1) is 17.9 Å². The van der Waals surface area contributed by atoms with Gasteiger partial charge in [0.1, 0.15) is 11.6 Å². The van der Waals surface area contributed by atoms with Crippen LogP contribution < -0.4 is 15.8 Å². The van der Waals surface area contributed by atoms with Gasteiger partial charge in [0, 0.05) is 31.4 Å². The number of hydrogen-bond donors (Lipinski definition) is 1. The first-order chi connectivity index (χ1) is 12.0. The molecule has 134 valence electrons. The first-order valence-electron chi connectivity index (χ1n) is 8.93. The molecule has 0 saturated carbocycles. The van der Waals surface area contributed by atoms with Crippen LogP contribution in [0.2, 0.25) is 0 Å². The van der Waals surface area contributed by atoms with Crippen LogP contribution >= 0.6 is 0 Å². The van der Waals surface area contributed by atoms with Crippen LogP contribution in [0, 0.1) is 6.92 Å². The molecule has 0 radical (unpaired) electrons. The minimum absolute atomic E-state index is 0.0522. The van der Waals surface area contributed by atoms with Gasteiger partial charge in [-0.1, -0.05) is 0 Å². The number of hydrogen-bond acceptors (Lipinski definition) is 6. The molecular weight excluding hydrogens is 316 g/mol. The summed E-state index contributed by atoms with van der Waals surface area (Å²) in [5.74, 6) is 1.67. The van der Waals surface area contributed by atoms with Gasteiger partial charge in [-0.05, 0) is 46.1 Å². The van der Waals surface area contributed by atoms with Crippen molar-refractivity contribution in [3.63, 3.8) is 0 Å². The Balaban J connectivity index is 1.77. The Bertz CT molecular complexity index is 772. The van der Waals surface area contributed by atoms with Crippen molar-refractivity contribution < 1.29 is 0 Å². The van der Waals surface area contributed by atoms with Crippen molar-refractivity contribution >= 4 is 11.6 Å². The zero-order chi connectivity index (χ0) is 17.8. The van der Waals surface area contributed by atoms with E-state index in [1.54, 1.807) is 23.1 Å². The molecule has 3 heterocycles. The molecule has 7 nitrogen and oxygen atoms in total. The summed E-state index contributed by atoms with van der Waals surface area (Å²) in [6, 6.07) is 3.83. The lowest BCUT2D eigenvalue weighted by atomic mass is 10.0. The summed E-state index contributed by atoms with van der Waals surface area (Å²) in [6.45, 7) is 7.62. The number of aryl methyl sites for hydroxylation is 1. The van der Waals surface area contributed by atoms with Crippen LogP contribution in [0.3, 0.4) is 0 Å². The second-order valence-corrected chi connectivity index (χ2v) is 6.84. The van der Waals surface area contributed by atoms with E-state index in [2.05, 4.69) is 25.3 Å². The van der Waals surface area contributed by atoms with Gasteiger partial charge in [0.15, 0.2) is 0 Å². The number of aromatic nitrogens is 4. The summed E-state index contributed by atoms with van der Waals surface area (Å²) in [6.07, 6.45) is 6.93. The largest absolute Gasteiger partial charge is 0.367 e. The van der Waals surface area contributed by atoms with Crippen molar-refractivity contribution in [2.45, 2.75) is 52.1 Å². The highest BCUT2D eigenvalue weighted by Gasteiger charge is 2.24. The molecule has 2 aromatic heterocycles. The summed E-state index contributed by atoms with van der Waals surface area (Å²) in [5, 5.41) is 7.98. The Hall–Kier alpha value is -2.44. The van der Waals surface area contributed by atoms with E-state index < -0.39 is 0 Å². The fourth-order valence-electron chi connectivity index (χ4n) is 3.22. The average Bonchev–Trinajstić information content (AvgIpc) is 2.60. The normalized spacial score (nSPS) is 17.8. The molecule has 1 atom stereocenters. The molecule has 1 unspecified atom stereocenters. The predicted molar refractivity (Wildman–Crippen MR) is 99.1 cm³/mol. The Kier molecular flexibility index (Phi) is 5.31. The maximum atomic E-state index is 12.0. The molecule has 0 spiro atoms. The highest BCUT2D eigenvalue weighted by Crippen LogP contribution is 2.23. The van der Waals surface area contributed by atoms with E-state index in [9.17, 15) is 4.79 Å². The van der Waals surface area contributed by atoms with Gasteiger partial charge >= 0.3 is 0 Å². The van der Waals surface area contributed by atoms with Crippen molar-refractivity contribution in [1.82, 2.24) is 19.7 Å². The lowest BCUT2D eigenvalue weighted by molar-refractivity contribution is 0.451. The van der Waals surface area contributed by atoms with Crippen molar-refractivity contribution in [2.24, 2.45) is 0 Å². The highest BCUT2D eigenvalue weighted by atomic mass is 16.1. The Morgan fingerprint density at radius 1 is 1.28 bits per heavy atom. The SMILES string of the molecule is Cc1cncc(NCC2CCCCN2c2ccc(=O)n(C(C)C)n2)n1. The Morgan fingerprint density at radius 3 is 2.88 bits per heavy atom. The Morgan fingerprint density at radius 2 is 2.12 bits per heavy atom. The molecular formula is C18H26N6O. The van der Waals surface area contributed by atoms with Crippen LogP contribution in [0.25, 0.3) is 0 Å². The maximum absolute atomic E-state index is 12.0. The molecule has 1 aliphatic rings. The molecule has 3 rings (SSSR count). The van der Waals surface area contributed by atoms with Gasteiger partial charge in [-0.3, -0.25) is 9.78 Å². The molecule has 7 heteroatoms. The second-order valence-electron chi connectivity index (χ2n) is 6.84. The van der Waals surface area contributed by atoms with Gasteiger partial charge < -0.3 is 10.2 Å². The molecule has 2 aromatic rings. The standard InChI is InChI=1S/C18H26N6O/c1-13(2)24-18(25)8-7-17(22-24)23-9-5-4-6-15(23)11-20-16-12-19-10-14(3)21-16/h7-8,10,12-13,15H,4-6,9,11H2,1-3H3,(H,20,21). The fraction of sp³-hybridized carbons (Fsp3) is 0.556. The summed E-state index contributed by atoms with van der Waals surface area (Å²) < 4.78 is 1.56. The van der Waals surface area contributed by atoms with Crippen LogP contribution in [-0.2, 0) is 0 Å². The van der Waals surface area contributed by atoms with Crippen LogP contribution in [0.4, 0.5) is 11.6 Å². The van der Waals surface area contributed by atoms with E-state index >= 15 is 0 Å². The number of anilines is 2. The number of piperidine rings is 1. The van der Waals surface area contributed by atoms with E-state index in [1.165, 1.54) is 6.42 Å². The van der Waals surface area contributed by atoms with Crippen LogP contribution in [0.15, 0.2) is 29.3 Å². The monoisotopic (exact) mass is 342 g/mol. The van der Waals surface area contributed by atoms with Gasteiger partial charge in [-0.25, -0.2) is 9.67 Å². The summed E-state index contributed by atoms with van der Waals surface area (Å²) in [5.41, 5.74) is 0.844. The topological polar surface area (TPSA) is 75.9 Å². The molecule has 1 saturated heterocycles. The lowest BCUT2D eigenvalue weighted by Crippen LogP contribution is -2.45. The molecule has 0 amide bonds. The third kappa shape index (κ3) is 4.15. The second kappa shape index (κ2) is 7.63. The molecule has 1 aliphatic heterocycles. The fourth-order valence-corrected chi connectivity index (χ4v) is 3.22. The smallest absolute Gasteiger partial charge is 0.267 e. The molecule has 25 heavy (non-hydrogen) atoms. The molecule has 0 aliphatic carbocycles. The van der Waals surface area contributed by atoms with Crippen LogP contribution in [-0.4, -0.2) is 38.9 Å². The lowest BCUT2D eigenvalue weighted by Gasteiger charge is -2.37. The number of rotatable bonds is 5. The van der Waals surface area contributed by atoms with Gasteiger partial charge in [-0.15, -0.1) is 0 Å². The van der Waals surface area contributed by atoms with Gasteiger partial charge in [0.2, 0.25) is 0 Å². The molecule has 1 fully saturated rings. The average molecular weight is 342 g/mol. The quantitative estimate of drug-likeness (QED) is 0.899. The highest BCUT2D eigenvalue weighted by molar-refractivity contribution is 5.40. The summed E-state index contributed by atoms with van der Waals surface area (Å²) >= 11 is 0. The zero-order valence-corrected chi connectivity index (χ0v) is 15.1. The van der Waals surface area contributed by atoms with E-state index in [4.69, 9.17) is 0 Å². The van der Waals surface area contributed by atoms with Gasteiger partial charge in [-0.2, -0.15) is 5.10 Å². The van der Waals surface area contributed by atoms with Gasteiger partial charge in [0.25, 0.3) is 5.56 Å². The van der Waals surface area contributed by atoms with Crippen molar-refractivity contribution in [3.8, 4) is 0 Å². The first-order valence-corrected chi connectivity index (χ1v) is 8.93. The predicted octanol–water partition coefficient (Wildman–Crippen LogP) is 2.39. The van der Waals surface area contributed by atoms with E-state index in [0.29, 0.717) is 6.04 Å². The van der Waals surface area contributed by atoms with Crippen molar-refractivity contribution in [2.75, 3.05) is 23.3 Å². The Labute approximate surface area is 148 Å². The molecule has 1 N–H and O–H groups in total. The number of nitrogens with one attached hydrogen (secondary N) is 1. The van der Waals surface area contributed by atoms with Crippen LogP contribution in [0.5, 0.6) is 0 Å². The molecule has 0 bridgehead atoms. The first kappa shape index (κ1) is 17.4. The summed E-state index contributed by atoms with van der Waals surface area (Å²) in [7, 11) is 0. The third-order valence-corrected chi connectivity index (χ3v) is 4.50. The minimum Gasteiger partial charge on any atom is -0.367 e. The third-order valence-electron chi connectivity index (χ3n) is 4.50. The van der Waals surface area contributed by atoms with E-state index in [1.807, 2.05) is 26.8 Å². The van der Waals surface area contributed by atoms with Crippen molar-refractivity contribution in [3.05, 3.63) is 40.6 Å². The molecule has 0 aromatic carbocycles. The number of nitrogens with zero attached hydrogens (tertiary/aromatic N) is 5. The summed E-state index contributed by atoms with van der Waals surface area (Å²) in [4.78, 5) is 22.9. The van der Waals surface area contributed by atoms with Crippen LogP contribution in [0.1, 0.15) is 44.8 Å². The van der Waals surface area contributed by atoms with E-state index in [0.717, 1.165) is 43.3 Å². The zero-order valence-electron chi connectivity index (χ0n) is 15.1. The van der Waals surface area contributed by atoms with Crippen molar-refractivity contribution in [1.29, 1.82) is 0 Å².